The van der Waals surface area contributed by atoms with E-state index in [1.807, 2.05) is 6.07 Å². The Balaban J connectivity index is 1.49. The molecule has 164 valence electrons. The third-order valence-corrected chi connectivity index (χ3v) is 7.34. The first-order valence-corrected chi connectivity index (χ1v) is 11.9. The summed E-state index contributed by atoms with van der Waals surface area (Å²) in [4.78, 5) is 7.27. The van der Waals surface area contributed by atoms with Gasteiger partial charge in [0.2, 0.25) is 0 Å². The van der Waals surface area contributed by atoms with Gasteiger partial charge in [-0.05, 0) is 65.4 Å². The number of aryl methyl sites for hydroxylation is 1. The van der Waals surface area contributed by atoms with Gasteiger partial charge in [0.25, 0.3) is 0 Å². The first kappa shape index (κ1) is 20.3. The minimum absolute atomic E-state index is 0.558. The highest BCUT2D eigenvalue weighted by Gasteiger charge is 2.24. The molecule has 1 aliphatic rings. The van der Waals surface area contributed by atoms with E-state index in [4.69, 9.17) is 16.6 Å². The lowest BCUT2D eigenvalue weighted by Gasteiger charge is -2.30. The SMILES string of the molecule is Cc1c(C)n(Cc2ccc3ccccc3c2)c2c(N3CCc4ccccc4C3)nc(Cl)cc12. The predicted octanol–water partition coefficient (Wildman–Crippen LogP) is 7.07. The van der Waals surface area contributed by atoms with E-state index in [1.54, 1.807) is 0 Å². The van der Waals surface area contributed by atoms with E-state index < -0.39 is 0 Å². The Morgan fingerprint density at radius 2 is 1.64 bits per heavy atom. The van der Waals surface area contributed by atoms with Crippen LogP contribution in [0, 0.1) is 13.8 Å². The predicted molar refractivity (Wildman–Crippen MR) is 138 cm³/mol. The average Bonchev–Trinajstić information content (AvgIpc) is 3.08. The first-order chi connectivity index (χ1) is 16.1. The zero-order valence-electron chi connectivity index (χ0n) is 19.0. The van der Waals surface area contributed by atoms with Crippen LogP contribution >= 0.6 is 11.6 Å². The molecular weight excluding hydrogens is 426 g/mol. The van der Waals surface area contributed by atoms with Crippen molar-refractivity contribution in [1.82, 2.24) is 9.55 Å². The number of fused-ring (bicyclic) bond motifs is 3. The van der Waals surface area contributed by atoms with Crippen LogP contribution in [0.2, 0.25) is 5.15 Å². The fourth-order valence-corrected chi connectivity index (χ4v) is 5.41. The average molecular weight is 452 g/mol. The van der Waals surface area contributed by atoms with Gasteiger partial charge in [0.1, 0.15) is 5.15 Å². The van der Waals surface area contributed by atoms with E-state index in [2.05, 4.69) is 90.0 Å². The van der Waals surface area contributed by atoms with E-state index in [0.717, 1.165) is 31.9 Å². The van der Waals surface area contributed by atoms with E-state index in [1.165, 1.54) is 49.6 Å². The van der Waals surface area contributed by atoms with Gasteiger partial charge in [-0.15, -0.1) is 0 Å². The number of anilines is 1. The Kier molecular flexibility index (Phi) is 4.88. The number of benzene rings is 3. The monoisotopic (exact) mass is 451 g/mol. The summed E-state index contributed by atoms with van der Waals surface area (Å²) in [5, 5.41) is 4.30. The Hall–Kier alpha value is -3.30. The van der Waals surface area contributed by atoms with Crippen LogP contribution in [0.1, 0.15) is 27.9 Å². The lowest BCUT2D eigenvalue weighted by Crippen LogP contribution is -2.31. The number of hydrogen-bond acceptors (Lipinski definition) is 2. The Morgan fingerprint density at radius 3 is 2.48 bits per heavy atom. The molecule has 0 saturated carbocycles. The molecule has 3 aromatic carbocycles. The maximum atomic E-state index is 6.56. The molecule has 0 atom stereocenters. The second-order valence-electron chi connectivity index (χ2n) is 9.08. The summed E-state index contributed by atoms with van der Waals surface area (Å²) in [6.45, 7) is 7.01. The van der Waals surface area contributed by atoms with Gasteiger partial charge >= 0.3 is 0 Å². The van der Waals surface area contributed by atoms with Gasteiger partial charge in [-0.3, -0.25) is 0 Å². The van der Waals surface area contributed by atoms with Crippen molar-refractivity contribution in [1.29, 1.82) is 0 Å². The standard InChI is InChI=1S/C29H26ClN3/c1-19-20(2)33(17-21-11-12-22-7-3-5-9-24(22)15-21)28-26(19)16-27(30)31-29(28)32-14-13-23-8-4-6-10-25(23)18-32/h3-12,15-16H,13-14,17-18H2,1-2H3. The Morgan fingerprint density at radius 1 is 0.879 bits per heavy atom. The Bertz CT molecular complexity index is 1510. The summed E-state index contributed by atoms with van der Waals surface area (Å²) in [5.74, 6) is 0.990. The second-order valence-corrected chi connectivity index (χ2v) is 9.47. The van der Waals surface area contributed by atoms with Gasteiger partial charge in [-0.1, -0.05) is 72.3 Å². The molecule has 0 bridgehead atoms. The van der Waals surface area contributed by atoms with Crippen LogP contribution in [0.5, 0.6) is 0 Å². The number of aromatic nitrogens is 2. The number of hydrogen-bond donors (Lipinski definition) is 0. The minimum atomic E-state index is 0.558. The van der Waals surface area contributed by atoms with E-state index in [-0.39, 0.29) is 0 Å². The van der Waals surface area contributed by atoms with Crippen LogP contribution in [-0.4, -0.2) is 16.1 Å². The van der Waals surface area contributed by atoms with E-state index >= 15 is 0 Å². The highest BCUT2D eigenvalue weighted by molar-refractivity contribution is 6.30. The van der Waals surface area contributed by atoms with Crippen molar-refractivity contribution >= 4 is 39.1 Å². The quantitative estimate of drug-likeness (QED) is 0.273. The molecule has 2 aromatic heterocycles. The summed E-state index contributed by atoms with van der Waals surface area (Å²) in [6.07, 6.45) is 1.02. The molecule has 0 aliphatic carbocycles. The molecule has 0 saturated heterocycles. The van der Waals surface area contributed by atoms with Crippen LogP contribution in [-0.2, 0) is 19.5 Å². The lowest BCUT2D eigenvalue weighted by atomic mass is 10.00. The third-order valence-electron chi connectivity index (χ3n) is 7.15. The number of halogens is 1. The summed E-state index contributed by atoms with van der Waals surface area (Å²) >= 11 is 6.56. The number of rotatable bonds is 3. The normalized spacial score (nSPS) is 13.6. The molecule has 0 amide bonds. The van der Waals surface area contributed by atoms with E-state index in [9.17, 15) is 0 Å². The molecule has 3 heterocycles. The maximum Gasteiger partial charge on any atom is 0.155 e. The molecule has 0 fully saturated rings. The van der Waals surface area contributed by atoms with Crippen molar-refractivity contribution in [2.75, 3.05) is 11.4 Å². The maximum absolute atomic E-state index is 6.56. The molecule has 3 nitrogen and oxygen atoms in total. The van der Waals surface area contributed by atoms with Gasteiger partial charge in [0.15, 0.2) is 5.82 Å². The minimum Gasteiger partial charge on any atom is -0.350 e. The third kappa shape index (κ3) is 3.48. The van der Waals surface area contributed by atoms with Gasteiger partial charge in [0.05, 0.1) is 5.52 Å². The van der Waals surface area contributed by atoms with Crippen molar-refractivity contribution < 1.29 is 0 Å². The molecule has 4 heteroatoms. The number of nitrogens with zero attached hydrogens (tertiary/aromatic N) is 3. The van der Waals surface area contributed by atoms with Crippen LogP contribution in [0.4, 0.5) is 5.82 Å². The molecule has 0 N–H and O–H groups in total. The summed E-state index contributed by atoms with van der Waals surface area (Å²) in [7, 11) is 0. The van der Waals surface area contributed by atoms with Gasteiger partial charge in [-0.25, -0.2) is 4.98 Å². The molecule has 6 rings (SSSR count). The first-order valence-electron chi connectivity index (χ1n) is 11.5. The van der Waals surface area contributed by atoms with Crippen molar-refractivity contribution in [3.05, 3.63) is 106 Å². The molecule has 33 heavy (non-hydrogen) atoms. The largest absolute Gasteiger partial charge is 0.350 e. The lowest BCUT2D eigenvalue weighted by molar-refractivity contribution is 0.717. The second kappa shape index (κ2) is 7.93. The molecule has 0 spiro atoms. The highest BCUT2D eigenvalue weighted by atomic mass is 35.5. The van der Waals surface area contributed by atoms with Crippen LogP contribution < -0.4 is 4.90 Å². The van der Waals surface area contributed by atoms with Crippen molar-refractivity contribution in [3.63, 3.8) is 0 Å². The van der Waals surface area contributed by atoms with Crippen LogP contribution in [0.3, 0.4) is 0 Å². The van der Waals surface area contributed by atoms with Gasteiger partial charge in [-0.2, -0.15) is 0 Å². The fourth-order valence-electron chi connectivity index (χ4n) is 5.23. The summed E-state index contributed by atoms with van der Waals surface area (Å²) in [5.41, 5.74) is 7.82. The van der Waals surface area contributed by atoms with Gasteiger partial charge < -0.3 is 9.47 Å². The molecule has 1 aliphatic heterocycles. The molecule has 5 aromatic rings. The molecular formula is C29H26ClN3. The van der Waals surface area contributed by atoms with Gasteiger partial charge in [0, 0.05) is 30.7 Å². The topological polar surface area (TPSA) is 21.1 Å². The molecule has 0 radical (unpaired) electrons. The zero-order chi connectivity index (χ0) is 22.5. The van der Waals surface area contributed by atoms with Crippen LogP contribution in [0.25, 0.3) is 21.7 Å². The number of pyridine rings is 1. The summed E-state index contributed by atoms with van der Waals surface area (Å²) < 4.78 is 2.42. The Labute approximate surface area is 199 Å². The zero-order valence-corrected chi connectivity index (χ0v) is 19.7. The molecule has 0 unspecified atom stereocenters. The highest BCUT2D eigenvalue weighted by Crippen LogP contribution is 2.36. The van der Waals surface area contributed by atoms with Crippen molar-refractivity contribution in [3.8, 4) is 0 Å². The van der Waals surface area contributed by atoms with E-state index in [0.29, 0.717) is 5.15 Å². The summed E-state index contributed by atoms with van der Waals surface area (Å²) in [6, 6.07) is 26.1. The van der Waals surface area contributed by atoms with Crippen LogP contribution in [0.15, 0.2) is 72.8 Å². The fraction of sp³-hybridized carbons (Fsp3) is 0.207. The van der Waals surface area contributed by atoms with Crippen molar-refractivity contribution in [2.24, 2.45) is 0 Å². The van der Waals surface area contributed by atoms with Crippen molar-refractivity contribution in [2.45, 2.75) is 33.4 Å². The smallest absolute Gasteiger partial charge is 0.155 e.